The van der Waals surface area contributed by atoms with Crippen molar-refractivity contribution in [2.45, 2.75) is 31.9 Å². The van der Waals surface area contributed by atoms with Crippen molar-refractivity contribution < 1.29 is 32.3 Å². The molecule has 0 aliphatic heterocycles. The smallest absolute Gasteiger partial charge is 0.435 e. The van der Waals surface area contributed by atoms with E-state index in [1.165, 1.54) is 7.11 Å². The van der Waals surface area contributed by atoms with Gasteiger partial charge < -0.3 is 15.4 Å². The average Bonchev–Trinajstić information content (AvgIpc) is 3.28. The number of methoxy groups -OCH3 is 1. The number of nitrogens with zero attached hydrogens (tertiary/aromatic N) is 2. The van der Waals surface area contributed by atoms with E-state index < -0.39 is 23.3 Å². The van der Waals surface area contributed by atoms with Gasteiger partial charge in [-0.25, -0.2) is 4.68 Å². The van der Waals surface area contributed by atoms with E-state index in [0.717, 1.165) is 10.9 Å². The van der Waals surface area contributed by atoms with Crippen molar-refractivity contribution in [1.29, 1.82) is 0 Å². The van der Waals surface area contributed by atoms with Crippen LogP contribution in [-0.2, 0) is 20.5 Å². The number of esters is 1. The van der Waals surface area contributed by atoms with Crippen LogP contribution in [0.25, 0.3) is 5.69 Å². The first kappa shape index (κ1) is 24.3. The number of hydrogen-bond acceptors (Lipinski definition) is 5. The SMILES string of the molecule is COC(=O)[C@H]1CC[C@@H](C(=O)NCCNC(=O)c2cn(-c3ccccc3)nc2C(F)(F)F)CC1. The molecule has 2 aromatic rings. The normalized spacial score (nSPS) is 18.4. The molecule has 1 saturated carbocycles. The van der Waals surface area contributed by atoms with Crippen molar-refractivity contribution in [2.75, 3.05) is 20.2 Å². The summed E-state index contributed by atoms with van der Waals surface area (Å²) in [7, 11) is 1.33. The number of aromatic nitrogens is 2. The van der Waals surface area contributed by atoms with Crippen LogP contribution >= 0.6 is 0 Å². The van der Waals surface area contributed by atoms with E-state index >= 15 is 0 Å². The maximum Gasteiger partial charge on any atom is 0.435 e. The van der Waals surface area contributed by atoms with Crippen LogP contribution < -0.4 is 10.6 Å². The lowest BCUT2D eigenvalue weighted by atomic mass is 9.81. The van der Waals surface area contributed by atoms with E-state index in [4.69, 9.17) is 4.74 Å². The van der Waals surface area contributed by atoms with Crippen LogP contribution in [0.15, 0.2) is 36.5 Å². The third-order valence-corrected chi connectivity index (χ3v) is 5.59. The number of hydrogen-bond donors (Lipinski definition) is 2. The van der Waals surface area contributed by atoms with Gasteiger partial charge in [0.2, 0.25) is 5.91 Å². The van der Waals surface area contributed by atoms with Crippen LogP contribution in [0.4, 0.5) is 13.2 Å². The highest BCUT2D eigenvalue weighted by molar-refractivity contribution is 5.95. The molecule has 1 aliphatic carbocycles. The maximum absolute atomic E-state index is 13.4. The molecule has 0 bridgehead atoms. The van der Waals surface area contributed by atoms with Gasteiger partial charge in [0.05, 0.1) is 24.3 Å². The summed E-state index contributed by atoms with van der Waals surface area (Å²) in [6, 6.07) is 8.15. The molecule has 0 saturated heterocycles. The quantitative estimate of drug-likeness (QED) is 0.483. The molecule has 1 fully saturated rings. The summed E-state index contributed by atoms with van der Waals surface area (Å²) in [6.45, 7) is 0.0194. The fourth-order valence-electron chi connectivity index (χ4n) is 3.82. The molecule has 2 amide bonds. The molecule has 0 unspecified atom stereocenters. The van der Waals surface area contributed by atoms with E-state index in [-0.39, 0.29) is 36.8 Å². The Morgan fingerprint density at radius 2 is 1.64 bits per heavy atom. The third kappa shape index (κ3) is 6.11. The zero-order valence-corrected chi connectivity index (χ0v) is 18.0. The average molecular weight is 466 g/mol. The Kier molecular flexibility index (Phi) is 7.72. The fourth-order valence-corrected chi connectivity index (χ4v) is 3.82. The third-order valence-electron chi connectivity index (χ3n) is 5.59. The number of benzene rings is 1. The summed E-state index contributed by atoms with van der Waals surface area (Å²) in [5.41, 5.74) is -1.50. The van der Waals surface area contributed by atoms with Crippen LogP contribution in [0.5, 0.6) is 0 Å². The first-order chi connectivity index (χ1) is 15.7. The predicted molar refractivity (Wildman–Crippen MR) is 111 cm³/mol. The van der Waals surface area contributed by atoms with E-state index in [1.807, 2.05) is 0 Å². The molecule has 1 aromatic carbocycles. The van der Waals surface area contributed by atoms with Gasteiger partial charge in [0.25, 0.3) is 5.91 Å². The highest BCUT2D eigenvalue weighted by Crippen LogP contribution is 2.31. The highest BCUT2D eigenvalue weighted by atomic mass is 19.4. The zero-order valence-electron chi connectivity index (χ0n) is 18.0. The number of para-hydroxylation sites is 1. The van der Waals surface area contributed by atoms with Crippen LogP contribution in [0, 0.1) is 11.8 Å². The van der Waals surface area contributed by atoms with Gasteiger partial charge in [-0.3, -0.25) is 14.4 Å². The van der Waals surface area contributed by atoms with Crippen LogP contribution in [0.1, 0.15) is 41.7 Å². The molecule has 0 spiro atoms. The van der Waals surface area contributed by atoms with Gasteiger partial charge in [-0.1, -0.05) is 18.2 Å². The highest BCUT2D eigenvalue weighted by Gasteiger charge is 2.39. The molecule has 1 aliphatic rings. The van der Waals surface area contributed by atoms with Gasteiger partial charge in [0.1, 0.15) is 0 Å². The molecular formula is C22H25F3N4O4. The lowest BCUT2D eigenvalue weighted by molar-refractivity contribution is -0.147. The maximum atomic E-state index is 13.4. The van der Waals surface area contributed by atoms with Crippen molar-refractivity contribution in [3.63, 3.8) is 0 Å². The molecule has 178 valence electrons. The molecule has 11 heteroatoms. The van der Waals surface area contributed by atoms with E-state index in [2.05, 4.69) is 15.7 Å². The predicted octanol–water partition coefficient (Wildman–Crippen LogP) is 2.72. The second kappa shape index (κ2) is 10.5. The van der Waals surface area contributed by atoms with Gasteiger partial charge in [0, 0.05) is 25.2 Å². The Balaban J connectivity index is 1.52. The Hall–Kier alpha value is -3.37. The molecule has 2 N–H and O–H groups in total. The zero-order chi connectivity index (χ0) is 24.0. The minimum absolute atomic E-state index is 0.0457. The molecule has 0 radical (unpaired) electrons. The van der Waals surface area contributed by atoms with E-state index in [0.29, 0.717) is 31.4 Å². The topological polar surface area (TPSA) is 102 Å². The molecule has 0 atom stereocenters. The summed E-state index contributed by atoms with van der Waals surface area (Å²) in [5, 5.41) is 8.62. The fraction of sp³-hybridized carbons (Fsp3) is 0.455. The molecule has 8 nitrogen and oxygen atoms in total. The van der Waals surface area contributed by atoms with E-state index in [1.54, 1.807) is 30.3 Å². The first-order valence-electron chi connectivity index (χ1n) is 10.6. The monoisotopic (exact) mass is 466 g/mol. The number of nitrogens with one attached hydrogen (secondary N) is 2. The summed E-state index contributed by atoms with van der Waals surface area (Å²) in [4.78, 5) is 36.3. The number of ether oxygens (including phenoxy) is 1. The van der Waals surface area contributed by atoms with Crippen LogP contribution in [0.3, 0.4) is 0 Å². The Morgan fingerprint density at radius 1 is 1.03 bits per heavy atom. The molecule has 1 heterocycles. The largest absolute Gasteiger partial charge is 0.469 e. The van der Waals surface area contributed by atoms with Crippen molar-refractivity contribution in [1.82, 2.24) is 20.4 Å². The van der Waals surface area contributed by atoms with Gasteiger partial charge >= 0.3 is 12.1 Å². The van der Waals surface area contributed by atoms with Crippen LogP contribution in [0.2, 0.25) is 0 Å². The van der Waals surface area contributed by atoms with E-state index in [9.17, 15) is 27.6 Å². The van der Waals surface area contributed by atoms with Gasteiger partial charge in [-0.05, 0) is 37.8 Å². The van der Waals surface area contributed by atoms with Gasteiger partial charge in [-0.15, -0.1) is 0 Å². The summed E-state index contributed by atoms with van der Waals surface area (Å²) < 4.78 is 45.9. The van der Waals surface area contributed by atoms with Gasteiger partial charge in [-0.2, -0.15) is 18.3 Å². The second-order valence-electron chi connectivity index (χ2n) is 7.79. The molecule has 1 aromatic heterocycles. The first-order valence-corrected chi connectivity index (χ1v) is 10.6. The Bertz CT molecular complexity index is 983. The number of rotatable bonds is 7. The summed E-state index contributed by atoms with van der Waals surface area (Å²) in [5.74, 6) is -1.86. The number of halogens is 3. The number of amides is 2. The van der Waals surface area contributed by atoms with Crippen LogP contribution in [-0.4, -0.2) is 47.8 Å². The molecule has 3 rings (SSSR count). The second-order valence-corrected chi connectivity index (χ2v) is 7.79. The van der Waals surface area contributed by atoms with Crippen molar-refractivity contribution in [2.24, 2.45) is 11.8 Å². The summed E-state index contributed by atoms with van der Waals surface area (Å²) >= 11 is 0. The van der Waals surface area contributed by atoms with Crippen molar-refractivity contribution >= 4 is 17.8 Å². The van der Waals surface area contributed by atoms with Gasteiger partial charge in [0.15, 0.2) is 5.69 Å². The standard InChI is InChI=1S/C22H25F3N4O4/c1-33-21(32)15-9-7-14(8-10-15)19(30)26-11-12-27-20(31)17-13-29(16-5-3-2-4-6-16)28-18(17)22(23,24)25/h2-6,13-15H,7-12H2,1H3,(H,26,30)(H,27,31)/t14-,15+. The number of carbonyl (C=O) groups excluding carboxylic acids is 3. The minimum atomic E-state index is -4.80. The molecular weight excluding hydrogens is 441 g/mol. The Labute approximate surface area is 188 Å². The Morgan fingerprint density at radius 3 is 2.24 bits per heavy atom. The lowest BCUT2D eigenvalue weighted by Gasteiger charge is -2.26. The molecule has 33 heavy (non-hydrogen) atoms. The number of carbonyl (C=O) groups is 3. The minimum Gasteiger partial charge on any atom is -0.469 e. The van der Waals surface area contributed by atoms with Crippen molar-refractivity contribution in [3.8, 4) is 5.69 Å². The lowest BCUT2D eigenvalue weighted by Crippen LogP contribution is -2.39. The summed E-state index contributed by atoms with van der Waals surface area (Å²) in [6.07, 6.45) is -1.55. The number of alkyl halides is 3. The van der Waals surface area contributed by atoms with Crippen molar-refractivity contribution in [3.05, 3.63) is 47.8 Å².